The third-order valence-electron chi connectivity index (χ3n) is 6.98. The van der Waals surface area contributed by atoms with Crippen LogP contribution in [0.1, 0.15) is 74.9 Å². The molecule has 13 heteroatoms. The van der Waals surface area contributed by atoms with Gasteiger partial charge in [0.05, 0.1) is 29.6 Å². The molecule has 0 radical (unpaired) electrons. The Morgan fingerprint density at radius 1 is 1.12 bits per heavy atom. The maximum Gasteiger partial charge on any atom is 0.273 e. The molecule has 0 saturated heterocycles. The number of amides is 3. The Bertz CT molecular complexity index is 1710. The number of pyridine rings is 1. The lowest BCUT2D eigenvalue weighted by atomic mass is 10.0. The predicted octanol–water partition coefficient (Wildman–Crippen LogP) is 7.19. The zero-order chi connectivity index (χ0) is 36.7. The molecule has 3 N–H and O–H groups in total. The van der Waals surface area contributed by atoms with E-state index >= 15 is 0 Å². The first-order valence-electron chi connectivity index (χ1n) is 16.1. The molecule has 0 unspecified atom stereocenters. The van der Waals surface area contributed by atoms with Gasteiger partial charge in [0.15, 0.2) is 17.3 Å². The summed E-state index contributed by atoms with van der Waals surface area (Å²) in [5, 5.41) is 26.0. The molecule has 1 fully saturated rings. The Kier molecular flexibility index (Phi) is 15.9. The number of allylic oxidation sites excluding steroid dienone is 1. The van der Waals surface area contributed by atoms with Crippen LogP contribution in [0.25, 0.3) is 11.1 Å². The molecule has 1 saturated carbocycles. The highest BCUT2D eigenvalue weighted by molar-refractivity contribution is 6.34. The fraction of sp³-hybridized carbons (Fsp3) is 0.361. The second-order valence-electron chi connectivity index (χ2n) is 10.3. The van der Waals surface area contributed by atoms with Crippen molar-refractivity contribution in [3.63, 3.8) is 0 Å². The Morgan fingerprint density at radius 3 is 2.37 bits per heavy atom. The standard InChI is InChI=1S/C32H33ClN8O4.2C2H6/c1-6-19(15-34)13-18(2)17-41(4)32(44)24-11-9-21(16-36-24)27-22(33)10-12-23(29(27)45-5)37-25-14-26(38-30(42)20-7-8-20)39-40-28(25)31(43)35-3;2*1-2/h9-14,16,20H,2,6-8,17H2,1,3-5H3,(H,35,43)(H2,37,38,39,42);2*1-2H3/b19-13+;;. The first-order chi connectivity index (χ1) is 23.6. The molecule has 1 aliphatic rings. The number of rotatable bonds is 12. The van der Waals surface area contributed by atoms with E-state index in [9.17, 15) is 14.4 Å². The minimum Gasteiger partial charge on any atom is -0.494 e. The summed E-state index contributed by atoms with van der Waals surface area (Å²) >= 11 is 6.63. The van der Waals surface area contributed by atoms with Crippen molar-refractivity contribution in [1.29, 1.82) is 5.26 Å². The number of ether oxygens (including phenoxy) is 1. The summed E-state index contributed by atoms with van der Waals surface area (Å²) in [6.07, 6.45) is 5.42. The number of nitrogens with zero attached hydrogens (tertiary/aromatic N) is 5. The van der Waals surface area contributed by atoms with Crippen molar-refractivity contribution in [1.82, 2.24) is 25.4 Å². The number of carbonyl (C=O) groups excluding carboxylic acids is 3. The van der Waals surface area contributed by atoms with E-state index in [2.05, 4.69) is 43.8 Å². The van der Waals surface area contributed by atoms with Gasteiger partial charge >= 0.3 is 0 Å². The van der Waals surface area contributed by atoms with Crippen LogP contribution in [0.15, 0.2) is 60.3 Å². The van der Waals surface area contributed by atoms with Gasteiger partial charge in [-0.15, -0.1) is 10.2 Å². The normalized spacial score (nSPS) is 11.7. The van der Waals surface area contributed by atoms with E-state index in [1.54, 1.807) is 37.4 Å². The van der Waals surface area contributed by atoms with Crippen LogP contribution in [0.4, 0.5) is 17.2 Å². The average Bonchev–Trinajstić information content (AvgIpc) is 3.98. The molecule has 49 heavy (non-hydrogen) atoms. The summed E-state index contributed by atoms with van der Waals surface area (Å²) in [5.41, 5.74) is 3.22. The number of hydrogen-bond donors (Lipinski definition) is 3. The number of nitriles is 1. The zero-order valence-corrected chi connectivity index (χ0v) is 30.2. The predicted molar refractivity (Wildman–Crippen MR) is 194 cm³/mol. The molecule has 0 bridgehead atoms. The van der Waals surface area contributed by atoms with Crippen LogP contribution in [0.2, 0.25) is 5.02 Å². The largest absolute Gasteiger partial charge is 0.494 e. The van der Waals surface area contributed by atoms with Crippen molar-refractivity contribution in [3.05, 3.63) is 76.7 Å². The van der Waals surface area contributed by atoms with Crippen LogP contribution in [0.5, 0.6) is 5.75 Å². The van der Waals surface area contributed by atoms with Gasteiger partial charge in [-0.3, -0.25) is 19.4 Å². The molecule has 0 atom stereocenters. The number of nitrogens with one attached hydrogen (secondary N) is 3. The van der Waals surface area contributed by atoms with Crippen molar-refractivity contribution in [2.75, 3.05) is 38.4 Å². The van der Waals surface area contributed by atoms with Crippen LogP contribution in [-0.4, -0.2) is 65.6 Å². The second-order valence-corrected chi connectivity index (χ2v) is 10.8. The average molecular weight is 689 g/mol. The van der Waals surface area contributed by atoms with Gasteiger partial charge in [0.1, 0.15) is 5.69 Å². The highest BCUT2D eigenvalue weighted by Gasteiger charge is 2.30. The third-order valence-corrected chi connectivity index (χ3v) is 7.29. The van der Waals surface area contributed by atoms with Crippen LogP contribution >= 0.6 is 11.6 Å². The lowest BCUT2D eigenvalue weighted by molar-refractivity contribution is -0.117. The fourth-order valence-electron chi connectivity index (χ4n) is 4.44. The molecule has 3 aromatic rings. The van der Waals surface area contributed by atoms with Crippen LogP contribution < -0.4 is 20.7 Å². The van der Waals surface area contributed by atoms with E-state index in [1.165, 1.54) is 31.3 Å². The minimum absolute atomic E-state index is 0.00541. The number of hydrogen-bond acceptors (Lipinski definition) is 9. The molecule has 0 spiro atoms. The summed E-state index contributed by atoms with van der Waals surface area (Å²) in [5.74, 6) is -0.465. The fourth-order valence-corrected chi connectivity index (χ4v) is 4.69. The molecule has 260 valence electrons. The van der Waals surface area contributed by atoms with Gasteiger partial charge < -0.3 is 25.6 Å². The van der Waals surface area contributed by atoms with Gasteiger partial charge in [0.25, 0.3) is 11.8 Å². The zero-order valence-electron chi connectivity index (χ0n) is 29.4. The smallest absolute Gasteiger partial charge is 0.273 e. The Hall–Kier alpha value is -5.28. The number of methoxy groups -OCH3 is 1. The van der Waals surface area contributed by atoms with Gasteiger partial charge in [-0.2, -0.15) is 5.26 Å². The van der Waals surface area contributed by atoms with Crippen molar-refractivity contribution in [2.45, 2.75) is 53.9 Å². The van der Waals surface area contributed by atoms with Gasteiger partial charge in [0, 0.05) is 55.5 Å². The van der Waals surface area contributed by atoms with E-state index < -0.39 is 5.91 Å². The van der Waals surface area contributed by atoms with E-state index in [0.29, 0.717) is 45.2 Å². The molecular weight excluding hydrogens is 644 g/mol. The number of likely N-dealkylation sites (N-methyl/N-ethyl adjacent to an activating group) is 1. The van der Waals surface area contributed by atoms with Crippen LogP contribution in [0, 0.1) is 17.2 Å². The minimum atomic E-state index is -0.483. The molecule has 0 aliphatic heterocycles. The first-order valence-corrected chi connectivity index (χ1v) is 16.5. The van der Waals surface area contributed by atoms with Crippen molar-refractivity contribution in [3.8, 4) is 22.9 Å². The SMILES string of the molecule is C=C(/C=C(/C#N)CC)CN(C)C(=O)c1ccc(-c2c(Cl)ccc(Nc3cc(NC(=O)C4CC4)nnc3C(=O)NC)c2OC)cn1.CC.CC. The molecular formula is C36H45ClN8O4. The van der Waals surface area contributed by atoms with Crippen molar-refractivity contribution < 1.29 is 19.1 Å². The van der Waals surface area contributed by atoms with Gasteiger partial charge in [-0.25, -0.2) is 0 Å². The summed E-state index contributed by atoms with van der Waals surface area (Å²) in [6, 6.07) is 10.3. The Balaban J connectivity index is 0.00000201. The maximum absolute atomic E-state index is 13.1. The van der Waals surface area contributed by atoms with E-state index in [4.69, 9.17) is 21.6 Å². The van der Waals surface area contributed by atoms with Crippen molar-refractivity contribution >= 4 is 46.5 Å². The first kappa shape index (κ1) is 39.9. The molecule has 3 amide bonds. The topological polar surface area (TPSA) is 162 Å². The van der Waals surface area contributed by atoms with Gasteiger partial charge in [-0.05, 0) is 49.1 Å². The summed E-state index contributed by atoms with van der Waals surface area (Å²) in [4.78, 5) is 43.8. The molecule has 2 heterocycles. The number of aromatic nitrogens is 3. The maximum atomic E-state index is 13.1. The lowest BCUT2D eigenvalue weighted by Crippen LogP contribution is -2.29. The molecule has 4 rings (SSSR count). The summed E-state index contributed by atoms with van der Waals surface area (Å²) in [6.45, 7) is 14.1. The second kappa shape index (κ2) is 19.5. The molecule has 2 aromatic heterocycles. The van der Waals surface area contributed by atoms with E-state index in [1.807, 2.05) is 34.6 Å². The number of anilines is 3. The number of carbonyl (C=O) groups is 3. The summed E-state index contributed by atoms with van der Waals surface area (Å²) in [7, 11) is 4.58. The highest BCUT2D eigenvalue weighted by Crippen LogP contribution is 2.43. The van der Waals surface area contributed by atoms with Gasteiger partial charge in [-0.1, -0.05) is 58.9 Å². The number of halogens is 1. The van der Waals surface area contributed by atoms with Gasteiger partial charge in [0.2, 0.25) is 5.91 Å². The quantitative estimate of drug-likeness (QED) is 0.132. The monoisotopic (exact) mass is 688 g/mol. The van der Waals surface area contributed by atoms with Crippen LogP contribution in [0.3, 0.4) is 0 Å². The Morgan fingerprint density at radius 2 is 1.82 bits per heavy atom. The lowest BCUT2D eigenvalue weighted by Gasteiger charge is -2.19. The molecule has 1 aromatic carbocycles. The third kappa shape index (κ3) is 10.6. The van der Waals surface area contributed by atoms with E-state index in [-0.39, 0.29) is 47.2 Å². The highest BCUT2D eigenvalue weighted by atomic mass is 35.5. The van der Waals surface area contributed by atoms with Crippen molar-refractivity contribution in [2.24, 2.45) is 5.92 Å². The molecule has 12 nitrogen and oxygen atoms in total. The van der Waals surface area contributed by atoms with E-state index in [0.717, 1.165) is 12.8 Å². The molecule has 1 aliphatic carbocycles. The number of benzene rings is 1. The summed E-state index contributed by atoms with van der Waals surface area (Å²) < 4.78 is 5.76. The Labute approximate surface area is 293 Å². The van der Waals surface area contributed by atoms with Crippen LogP contribution in [-0.2, 0) is 4.79 Å².